The number of nitrogens with zero attached hydrogens (tertiary/aromatic N) is 1. The maximum absolute atomic E-state index is 12.2. The number of carbonyl (C=O) groups is 1. The van der Waals surface area contributed by atoms with Crippen molar-refractivity contribution in [2.45, 2.75) is 76.0 Å². The molecule has 0 aromatic carbocycles. The molecule has 6 aliphatic rings. The van der Waals surface area contributed by atoms with Gasteiger partial charge in [-0.1, -0.05) is 20.3 Å². The fourth-order valence-corrected chi connectivity index (χ4v) is 7.74. The van der Waals surface area contributed by atoms with Crippen LogP contribution in [0.25, 0.3) is 0 Å². The summed E-state index contributed by atoms with van der Waals surface area (Å²) in [7, 11) is 1.55. The monoisotopic (exact) mass is 403 g/mol. The summed E-state index contributed by atoms with van der Waals surface area (Å²) in [5.74, 6) is 0.736. The predicted octanol–water partition coefficient (Wildman–Crippen LogP) is 2.06. The maximum Gasteiger partial charge on any atom is 0.343 e. The van der Waals surface area contributed by atoms with Crippen LogP contribution in [0.5, 0.6) is 0 Å². The van der Waals surface area contributed by atoms with E-state index in [9.17, 15) is 9.90 Å². The predicted molar refractivity (Wildman–Crippen MR) is 101 cm³/mol. The summed E-state index contributed by atoms with van der Waals surface area (Å²) in [5.41, 5.74) is 0.131. The van der Waals surface area contributed by atoms with Gasteiger partial charge in [0.1, 0.15) is 5.76 Å². The molecule has 6 unspecified atom stereocenters. The SMILES string of the molecule is CCC[C@@H](O)C12C3CC4C5[C@@H](C)/C(=C6/OC(=O)C(C)=C6OC)O[C@]5(O3)C1CCN42. The summed E-state index contributed by atoms with van der Waals surface area (Å²) in [6.45, 7) is 6.96. The van der Waals surface area contributed by atoms with Gasteiger partial charge in [0.05, 0.1) is 36.3 Å². The number of hydrogen-bond donors (Lipinski definition) is 1. The van der Waals surface area contributed by atoms with Gasteiger partial charge >= 0.3 is 5.97 Å². The summed E-state index contributed by atoms with van der Waals surface area (Å²) in [5, 5.41) is 11.3. The zero-order valence-corrected chi connectivity index (χ0v) is 17.4. The number of cyclic esters (lactones) is 1. The van der Waals surface area contributed by atoms with E-state index in [1.54, 1.807) is 14.0 Å². The van der Waals surface area contributed by atoms with Crippen LogP contribution in [0.2, 0.25) is 0 Å². The molecule has 5 bridgehead atoms. The van der Waals surface area contributed by atoms with Gasteiger partial charge in [-0.2, -0.15) is 0 Å². The van der Waals surface area contributed by atoms with E-state index in [0.29, 0.717) is 28.9 Å². The third-order valence-corrected chi connectivity index (χ3v) is 8.57. The normalized spacial score (nSPS) is 52.2. The van der Waals surface area contributed by atoms with Crippen molar-refractivity contribution in [1.29, 1.82) is 0 Å². The maximum atomic E-state index is 12.2. The van der Waals surface area contributed by atoms with Crippen LogP contribution in [-0.2, 0) is 23.7 Å². The minimum absolute atomic E-state index is 0.000322. The summed E-state index contributed by atoms with van der Waals surface area (Å²) >= 11 is 0. The van der Waals surface area contributed by atoms with Gasteiger partial charge in [-0.05, 0) is 32.7 Å². The molecule has 1 N–H and O–H groups in total. The van der Waals surface area contributed by atoms with Crippen molar-refractivity contribution in [1.82, 2.24) is 4.90 Å². The van der Waals surface area contributed by atoms with Gasteiger partial charge in [-0.3, -0.25) is 4.90 Å². The molecule has 9 atom stereocenters. The zero-order chi connectivity index (χ0) is 20.3. The minimum Gasteiger partial charge on any atom is -0.492 e. The van der Waals surface area contributed by atoms with E-state index >= 15 is 0 Å². The molecular formula is C22H29NO6. The van der Waals surface area contributed by atoms with Gasteiger partial charge < -0.3 is 24.1 Å². The second-order valence-corrected chi connectivity index (χ2v) is 9.52. The average Bonchev–Trinajstić information content (AvgIpc) is 3.40. The first kappa shape index (κ1) is 18.2. The highest BCUT2D eigenvalue weighted by Gasteiger charge is 2.85. The molecule has 0 aromatic rings. The van der Waals surface area contributed by atoms with E-state index in [1.807, 2.05) is 0 Å². The van der Waals surface area contributed by atoms with Crippen molar-refractivity contribution >= 4 is 5.97 Å². The first-order chi connectivity index (χ1) is 13.9. The molecular weight excluding hydrogens is 374 g/mol. The summed E-state index contributed by atoms with van der Waals surface area (Å²) in [6, 6.07) is 0.320. The number of fused-ring (bicyclic) bond motifs is 1. The number of rotatable bonds is 4. The Morgan fingerprint density at radius 2 is 2.21 bits per heavy atom. The Morgan fingerprint density at radius 3 is 2.93 bits per heavy atom. The molecule has 5 saturated heterocycles. The molecule has 158 valence electrons. The number of allylic oxidation sites excluding steroid dienone is 1. The molecule has 1 spiro atoms. The number of piperidine rings is 1. The van der Waals surface area contributed by atoms with Crippen LogP contribution in [0.15, 0.2) is 22.9 Å². The van der Waals surface area contributed by atoms with E-state index in [0.717, 1.165) is 32.2 Å². The Morgan fingerprint density at radius 1 is 1.41 bits per heavy atom. The van der Waals surface area contributed by atoms with Gasteiger partial charge in [-0.15, -0.1) is 0 Å². The Bertz CT molecular complexity index is 865. The van der Waals surface area contributed by atoms with E-state index in [-0.39, 0.29) is 35.4 Å². The molecule has 7 heteroatoms. The minimum atomic E-state index is -0.737. The van der Waals surface area contributed by atoms with Crippen molar-refractivity contribution in [3.8, 4) is 0 Å². The van der Waals surface area contributed by atoms with Crippen molar-refractivity contribution < 1.29 is 28.8 Å². The first-order valence-electron chi connectivity index (χ1n) is 10.9. The van der Waals surface area contributed by atoms with E-state index in [2.05, 4.69) is 18.7 Å². The third-order valence-electron chi connectivity index (χ3n) is 8.57. The highest BCUT2D eigenvalue weighted by Crippen LogP contribution is 2.73. The molecule has 0 aromatic heterocycles. The number of carbonyl (C=O) groups excluding carboxylic acids is 1. The van der Waals surface area contributed by atoms with Crippen molar-refractivity contribution in [3.63, 3.8) is 0 Å². The first-order valence-corrected chi connectivity index (χ1v) is 10.9. The molecule has 6 aliphatic heterocycles. The van der Waals surface area contributed by atoms with E-state index in [1.165, 1.54) is 0 Å². The van der Waals surface area contributed by atoms with Gasteiger partial charge in [-0.25, -0.2) is 4.79 Å². The van der Waals surface area contributed by atoms with Gasteiger partial charge in [0.15, 0.2) is 5.76 Å². The fourth-order valence-electron chi connectivity index (χ4n) is 7.74. The van der Waals surface area contributed by atoms with E-state index < -0.39 is 11.9 Å². The lowest BCUT2D eigenvalue weighted by atomic mass is 9.68. The van der Waals surface area contributed by atoms with E-state index in [4.69, 9.17) is 18.9 Å². The quantitative estimate of drug-likeness (QED) is 0.720. The number of esters is 1. The van der Waals surface area contributed by atoms with Gasteiger partial charge in [0.25, 0.3) is 0 Å². The Kier molecular flexibility index (Phi) is 3.49. The lowest BCUT2D eigenvalue weighted by Crippen LogP contribution is -2.65. The molecule has 0 saturated carbocycles. The Hall–Kier alpha value is -1.57. The molecule has 7 nitrogen and oxygen atoms in total. The number of aliphatic hydroxyl groups is 1. The van der Waals surface area contributed by atoms with Crippen molar-refractivity contribution in [2.24, 2.45) is 17.8 Å². The largest absolute Gasteiger partial charge is 0.492 e. The smallest absolute Gasteiger partial charge is 0.343 e. The lowest BCUT2D eigenvalue weighted by Gasteiger charge is -2.49. The highest BCUT2D eigenvalue weighted by atomic mass is 16.7. The zero-order valence-electron chi connectivity index (χ0n) is 17.4. The number of methoxy groups -OCH3 is 1. The van der Waals surface area contributed by atoms with Crippen LogP contribution in [0.3, 0.4) is 0 Å². The van der Waals surface area contributed by atoms with Crippen LogP contribution in [0, 0.1) is 17.8 Å². The van der Waals surface area contributed by atoms with Gasteiger partial charge in [0.2, 0.25) is 11.5 Å². The molecule has 0 aliphatic carbocycles. The van der Waals surface area contributed by atoms with Crippen LogP contribution in [-0.4, -0.2) is 59.2 Å². The lowest BCUT2D eigenvalue weighted by molar-refractivity contribution is -0.257. The molecule has 6 rings (SSSR count). The molecule has 6 heterocycles. The molecule has 0 amide bonds. The average molecular weight is 403 g/mol. The van der Waals surface area contributed by atoms with Crippen LogP contribution in [0.1, 0.15) is 46.5 Å². The molecule has 5 fully saturated rings. The van der Waals surface area contributed by atoms with Crippen LogP contribution >= 0.6 is 0 Å². The number of aliphatic hydroxyl groups excluding tert-OH is 1. The van der Waals surface area contributed by atoms with Crippen LogP contribution < -0.4 is 0 Å². The molecule has 0 radical (unpaired) electrons. The Balaban J connectivity index is 1.48. The number of ether oxygens (including phenoxy) is 4. The second kappa shape index (κ2) is 5.56. The standard InChI is InChI=1S/C22H29NO6/c1-5-6-14(24)21-13-7-8-23(21)12-9-15(21)28-22(13)16(12)10(2)18(29-22)19-17(26-4)11(3)20(25)27-19/h10,12-16,24H,5-9H2,1-4H3/b19-18-/t10-,12?,13?,14-,15?,16?,21?,22-/m1/s1. The summed E-state index contributed by atoms with van der Waals surface area (Å²) in [4.78, 5) is 14.7. The third kappa shape index (κ3) is 1.77. The highest BCUT2D eigenvalue weighted by molar-refractivity contribution is 5.93. The fraction of sp³-hybridized carbons (Fsp3) is 0.773. The summed E-state index contributed by atoms with van der Waals surface area (Å²) in [6.07, 6.45) is 3.21. The van der Waals surface area contributed by atoms with Crippen LogP contribution in [0.4, 0.5) is 0 Å². The topological polar surface area (TPSA) is 77.5 Å². The van der Waals surface area contributed by atoms with Crippen molar-refractivity contribution in [3.05, 3.63) is 22.9 Å². The van der Waals surface area contributed by atoms with Gasteiger partial charge in [0, 0.05) is 17.9 Å². The summed E-state index contributed by atoms with van der Waals surface area (Å²) < 4.78 is 24.4. The Labute approximate surface area is 170 Å². The second-order valence-electron chi connectivity index (χ2n) is 9.52. The van der Waals surface area contributed by atoms with Crippen molar-refractivity contribution in [2.75, 3.05) is 13.7 Å². The number of hydrogen-bond acceptors (Lipinski definition) is 7. The molecule has 29 heavy (non-hydrogen) atoms.